The van der Waals surface area contributed by atoms with E-state index in [1.165, 1.54) is 6.42 Å². The maximum absolute atomic E-state index is 12.6. The lowest BCUT2D eigenvalue weighted by molar-refractivity contribution is -0.145. The Morgan fingerprint density at radius 2 is 1.58 bits per heavy atom. The molecule has 4 heteroatoms. The summed E-state index contributed by atoms with van der Waals surface area (Å²) in [6.45, 7) is 1.73. The Morgan fingerprint density at radius 1 is 1.00 bits per heavy atom. The first-order valence-corrected chi connectivity index (χ1v) is 7.26. The van der Waals surface area contributed by atoms with E-state index in [0.29, 0.717) is 12.8 Å². The van der Waals surface area contributed by atoms with Crippen molar-refractivity contribution in [1.82, 2.24) is 9.80 Å². The van der Waals surface area contributed by atoms with Gasteiger partial charge in [0.25, 0.3) is 0 Å². The minimum atomic E-state index is -0.172. The first kappa shape index (κ1) is 14.1. The lowest BCUT2D eigenvalue weighted by Crippen LogP contribution is -2.46. The monoisotopic (exact) mass is 264 g/mol. The molecular weight excluding hydrogens is 240 g/mol. The van der Waals surface area contributed by atoms with E-state index < -0.39 is 0 Å². The molecule has 19 heavy (non-hydrogen) atoms. The molecule has 4 nitrogen and oxygen atoms in total. The highest BCUT2D eigenvalue weighted by Crippen LogP contribution is 2.29. The van der Waals surface area contributed by atoms with Gasteiger partial charge in [0.1, 0.15) is 0 Å². The Labute approximate surface area is 115 Å². The van der Waals surface area contributed by atoms with Crippen molar-refractivity contribution < 1.29 is 9.59 Å². The molecule has 0 bridgehead atoms. The van der Waals surface area contributed by atoms with Crippen LogP contribution in [-0.4, -0.2) is 48.8 Å². The van der Waals surface area contributed by atoms with Crippen molar-refractivity contribution >= 4 is 11.8 Å². The highest BCUT2D eigenvalue weighted by molar-refractivity contribution is 5.88. The number of carbonyl (C=O) groups excluding carboxylic acids is 2. The van der Waals surface area contributed by atoms with Crippen LogP contribution < -0.4 is 0 Å². The van der Waals surface area contributed by atoms with Gasteiger partial charge >= 0.3 is 0 Å². The standard InChI is InChI=1S/C15H24N2O2/c1-16(2)14(18)12-8-4-5-9-13(12)15(19)17-10-6-3-7-11-17/h4-5,12-13H,3,6-11H2,1-2H3/t12-,13-/m0/s1. The maximum Gasteiger partial charge on any atom is 0.226 e. The molecular formula is C15H24N2O2. The van der Waals surface area contributed by atoms with Gasteiger partial charge in [0.2, 0.25) is 11.8 Å². The second-order valence-corrected chi connectivity index (χ2v) is 5.77. The first-order chi connectivity index (χ1) is 9.11. The van der Waals surface area contributed by atoms with Crippen molar-refractivity contribution in [2.24, 2.45) is 11.8 Å². The highest BCUT2D eigenvalue weighted by atomic mass is 16.2. The molecule has 0 saturated carbocycles. The Kier molecular flexibility index (Phi) is 4.61. The fourth-order valence-electron chi connectivity index (χ4n) is 3.04. The van der Waals surface area contributed by atoms with E-state index in [9.17, 15) is 9.59 Å². The number of allylic oxidation sites excluding steroid dienone is 2. The van der Waals surface area contributed by atoms with Crippen molar-refractivity contribution in [3.63, 3.8) is 0 Å². The van der Waals surface area contributed by atoms with Crippen LogP contribution in [-0.2, 0) is 9.59 Å². The molecule has 0 aromatic heterocycles. The van der Waals surface area contributed by atoms with Crippen molar-refractivity contribution in [3.8, 4) is 0 Å². The number of amides is 2. The maximum atomic E-state index is 12.6. The van der Waals surface area contributed by atoms with Gasteiger partial charge < -0.3 is 9.80 Å². The highest BCUT2D eigenvalue weighted by Gasteiger charge is 2.37. The van der Waals surface area contributed by atoms with E-state index in [1.54, 1.807) is 19.0 Å². The molecule has 1 aliphatic carbocycles. The second-order valence-electron chi connectivity index (χ2n) is 5.77. The van der Waals surface area contributed by atoms with E-state index in [2.05, 4.69) is 0 Å². The summed E-state index contributed by atoms with van der Waals surface area (Å²) in [4.78, 5) is 28.4. The molecule has 0 radical (unpaired) electrons. The minimum absolute atomic E-state index is 0.0831. The molecule has 2 atom stereocenters. The van der Waals surface area contributed by atoms with Crippen LogP contribution in [0.4, 0.5) is 0 Å². The zero-order valence-corrected chi connectivity index (χ0v) is 12.0. The van der Waals surface area contributed by atoms with Gasteiger partial charge in [0, 0.05) is 27.2 Å². The topological polar surface area (TPSA) is 40.6 Å². The smallest absolute Gasteiger partial charge is 0.226 e. The normalized spacial score (nSPS) is 27.2. The van der Waals surface area contributed by atoms with Gasteiger partial charge in [-0.25, -0.2) is 0 Å². The van der Waals surface area contributed by atoms with E-state index in [4.69, 9.17) is 0 Å². The molecule has 1 saturated heterocycles. The number of nitrogens with zero attached hydrogens (tertiary/aromatic N) is 2. The number of carbonyl (C=O) groups is 2. The van der Waals surface area contributed by atoms with E-state index in [1.807, 2.05) is 17.1 Å². The molecule has 2 aliphatic rings. The average Bonchev–Trinajstić information content (AvgIpc) is 2.46. The molecule has 1 heterocycles. The summed E-state index contributed by atoms with van der Waals surface area (Å²) < 4.78 is 0. The molecule has 0 unspecified atom stereocenters. The van der Waals surface area contributed by atoms with Gasteiger partial charge in [-0.1, -0.05) is 12.2 Å². The molecule has 2 amide bonds. The van der Waals surface area contributed by atoms with Gasteiger partial charge in [-0.3, -0.25) is 9.59 Å². The predicted octanol–water partition coefficient (Wildman–Crippen LogP) is 1.67. The van der Waals surface area contributed by atoms with E-state index >= 15 is 0 Å². The van der Waals surface area contributed by atoms with Gasteiger partial charge in [-0.15, -0.1) is 0 Å². The molecule has 1 fully saturated rings. The number of piperidine rings is 1. The van der Waals surface area contributed by atoms with Crippen LogP contribution in [0.3, 0.4) is 0 Å². The first-order valence-electron chi connectivity index (χ1n) is 7.26. The fourth-order valence-corrected chi connectivity index (χ4v) is 3.04. The Bertz CT molecular complexity index is 370. The summed E-state index contributed by atoms with van der Waals surface area (Å²) in [6.07, 6.45) is 8.90. The van der Waals surface area contributed by atoms with Crippen LogP contribution in [0.2, 0.25) is 0 Å². The van der Waals surface area contributed by atoms with Gasteiger partial charge in [0.15, 0.2) is 0 Å². The van der Waals surface area contributed by atoms with Crippen LogP contribution in [0, 0.1) is 11.8 Å². The summed E-state index contributed by atoms with van der Waals surface area (Å²) in [5.74, 6) is -0.0589. The summed E-state index contributed by atoms with van der Waals surface area (Å²) in [5.41, 5.74) is 0. The Morgan fingerprint density at radius 3 is 2.16 bits per heavy atom. The molecule has 106 valence electrons. The molecule has 0 aromatic carbocycles. The van der Waals surface area contributed by atoms with Crippen molar-refractivity contribution in [2.45, 2.75) is 32.1 Å². The number of rotatable bonds is 2. The summed E-state index contributed by atoms with van der Waals surface area (Å²) in [6, 6.07) is 0. The van der Waals surface area contributed by atoms with Crippen LogP contribution >= 0.6 is 0 Å². The third-order valence-corrected chi connectivity index (χ3v) is 4.18. The molecule has 0 aromatic rings. The zero-order valence-electron chi connectivity index (χ0n) is 12.0. The SMILES string of the molecule is CN(C)C(=O)[C@H]1CC=CC[C@@H]1C(=O)N1CCCCC1. The predicted molar refractivity (Wildman–Crippen MR) is 74.5 cm³/mol. The lowest BCUT2D eigenvalue weighted by atomic mass is 9.81. The van der Waals surface area contributed by atoms with Gasteiger partial charge in [-0.05, 0) is 32.1 Å². The second kappa shape index (κ2) is 6.22. The number of likely N-dealkylation sites (tertiary alicyclic amines) is 1. The van der Waals surface area contributed by atoms with Crippen molar-refractivity contribution in [2.75, 3.05) is 27.2 Å². The molecule has 2 rings (SSSR count). The van der Waals surface area contributed by atoms with Crippen LogP contribution in [0.15, 0.2) is 12.2 Å². The summed E-state index contributed by atoms with van der Waals surface area (Å²) in [5, 5.41) is 0. The number of hydrogen-bond donors (Lipinski definition) is 0. The minimum Gasteiger partial charge on any atom is -0.349 e. The summed E-state index contributed by atoms with van der Waals surface area (Å²) in [7, 11) is 3.53. The van der Waals surface area contributed by atoms with Gasteiger partial charge in [-0.2, -0.15) is 0 Å². The third-order valence-electron chi connectivity index (χ3n) is 4.18. The average molecular weight is 264 g/mol. The van der Waals surface area contributed by atoms with Crippen molar-refractivity contribution in [1.29, 1.82) is 0 Å². The zero-order chi connectivity index (χ0) is 13.8. The third kappa shape index (κ3) is 3.17. The quantitative estimate of drug-likeness (QED) is 0.712. The van der Waals surface area contributed by atoms with Crippen LogP contribution in [0.5, 0.6) is 0 Å². The molecule has 0 spiro atoms. The Balaban J connectivity index is 2.08. The van der Waals surface area contributed by atoms with E-state index in [0.717, 1.165) is 25.9 Å². The van der Waals surface area contributed by atoms with Crippen LogP contribution in [0.25, 0.3) is 0 Å². The molecule has 0 N–H and O–H groups in total. The van der Waals surface area contributed by atoms with E-state index in [-0.39, 0.29) is 23.7 Å². The Hall–Kier alpha value is -1.32. The van der Waals surface area contributed by atoms with Crippen molar-refractivity contribution in [3.05, 3.63) is 12.2 Å². The number of hydrogen-bond acceptors (Lipinski definition) is 2. The van der Waals surface area contributed by atoms with Gasteiger partial charge in [0.05, 0.1) is 11.8 Å². The fraction of sp³-hybridized carbons (Fsp3) is 0.733. The lowest BCUT2D eigenvalue weighted by Gasteiger charge is -2.35. The molecule has 1 aliphatic heterocycles. The van der Waals surface area contributed by atoms with Crippen LogP contribution in [0.1, 0.15) is 32.1 Å². The largest absolute Gasteiger partial charge is 0.349 e. The summed E-state index contributed by atoms with van der Waals surface area (Å²) >= 11 is 0.